The highest BCUT2D eigenvalue weighted by molar-refractivity contribution is 6.31. The van der Waals surface area contributed by atoms with Crippen LogP contribution in [-0.2, 0) is 6.54 Å². The fourth-order valence-corrected chi connectivity index (χ4v) is 2.13. The molecule has 0 fully saturated rings. The minimum absolute atomic E-state index is 0.482. The van der Waals surface area contributed by atoms with Crippen LogP contribution in [0.25, 0.3) is 0 Å². The van der Waals surface area contributed by atoms with E-state index in [2.05, 4.69) is 32.6 Å². The summed E-state index contributed by atoms with van der Waals surface area (Å²) in [5, 5.41) is 0.756. The van der Waals surface area contributed by atoms with E-state index in [1.165, 1.54) is 0 Å². The van der Waals surface area contributed by atoms with Gasteiger partial charge < -0.3 is 5.73 Å². The summed E-state index contributed by atoms with van der Waals surface area (Å²) in [6.07, 6.45) is 0. The van der Waals surface area contributed by atoms with Crippen LogP contribution >= 0.6 is 11.6 Å². The maximum Gasteiger partial charge on any atom is 0.0471 e. The van der Waals surface area contributed by atoms with Crippen molar-refractivity contribution >= 4 is 17.3 Å². The largest absolute Gasteiger partial charge is 0.398 e. The van der Waals surface area contributed by atoms with Crippen LogP contribution in [0.4, 0.5) is 5.69 Å². The molecule has 90 valence electrons. The Balaban J connectivity index is 2.94. The van der Waals surface area contributed by atoms with E-state index in [9.17, 15) is 0 Å². The highest BCUT2D eigenvalue weighted by Crippen LogP contribution is 2.25. The predicted octanol–water partition coefficient (Wildman–Crippen LogP) is 3.54. The normalized spacial score (nSPS) is 11.8. The zero-order valence-electron chi connectivity index (χ0n) is 10.5. The van der Waals surface area contributed by atoms with Gasteiger partial charge in [0.05, 0.1) is 0 Å². The Morgan fingerprint density at radius 2 is 1.75 bits per heavy atom. The summed E-state index contributed by atoms with van der Waals surface area (Å²) >= 11 is 6.18. The fourth-order valence-electron chi connectivity index (χ4n) is 1.89. The first kappa shape index (κ1) is 13.3. The molecule has 0 saturated carbocycles. The monoisotopic (exact) mass is 240 g/mol. The Morgan fingerprint density at radius 3 is 2.19 bits per heavy atom. The lowest BCUT2D eigenvalue weighted by Crippen LogP contribution is -2.36. The van der Waals surface area contributed by atoms with E-state index in [0.717, 1.165) is 22.8 Å². The summed E-state index contributed by atoms with van der Waals surface area (Å²) in [5.74, 6) is 0. The lowest BCUT2D eigenvalue weighted by Gasteiger charge is -2.31. The van der Waals surface area contributed by atoms with E-state index in [-0.39, 0.29) is 0 Å². The molecule has 16 heavy (non-hydrogen) atoms. The highest BCUT2D eigenvalue weighted by Gasteiger charge is 2.16. The first-order chi connectivity index (χ1) is 7.43. The molecule has 0 unspecified atom stereocenters. The molecule has 0 radical (unpaired) electrons. The quantitative estimate of drug-likeness (QED) is 0.816. The van der Waals surface area contributed by atoms with Crippen LogP contribution < -0.4 is 5.73 Å². The number of anilines is 1. The topological polar surface area (TPSA) is 29.3 Å². The van der Waals surface area contributed by atoms with Gasteiger partial charge >= 0.3 is 0 Å². The van der Waals surface area contributed by atoms with Crippen molar-refractivity contribution in [2.45, 2.75) is 46.3 Å². The molecule has 0 spiro atoms. The Bertz CT molecular complexity index is 320. The standard InChI is InChI=1S/C13H21ClN2/c1-9(2)16(10(3)4)8-11-12(14)6-5-7-13(11)15/h5-7,9-10H,8,15H2,1-4H3. The molecule has 0 heterocycles. The van der Waals surface area contributed by atoms with Gasteiger partial charge in [0.25, 0.3) is 0 Å². The van der Waals surface area contributed by atoms with Gasteiger partial charge in [0.2, 0.25) is 0 Å². The lowest BCUT2D eigenvalue weighted by atomic mass is 10.1. The predicted molar refractivity (Wildman–Crippen MR) is 71.7 cm³/mol. The van der Waals surface area contributed by atoms with Crippen molar-refractivity contribution < 1.29 is 0 Å². The molecule has 3 heteroatoms. The summed E-state index contributed by atoms with van der Waals surface area (Å²) in [7, 11) is 0. The van der Waals surface area contributed by atoms with Crippen LogP contribution in [0, 0.1) is 0 Å². The number of hydrogen-bond donors (Lipinski definition) is 1. The van der Waals surface area contributed by atoms with Crippen molar-refractivity contribution in [3.05, 3.63) is 28.8 Å². The summed E-state index contributed by atoms with van der Waals surface area (Å²) in [4.78, 5) is 2.37. The van der Waals surface area contributed by atoms with Crippen molar-refractivity contribution in [3.8, 4) is 0 Å². The lowest BCUT2D eigenvalue weighted by molar-refractivity contribution is 0.166. The molecule has 2 nitrogen and oxygen atoms in total. The Kier molecular flexibility index (Phi) is 4.63. The van der Waals surface area contributed by atoms with Gasteiger partial charge in [0.15, 0.2) is 0 Å². The molecule has 0 amide bonds. The van der Waals surface area contributed by atoms with Gasteiger partial charge in [-0.05, 0) is 39.8 Å². The number of halogens is 1. The molecule has 1 aromatic rings. The molecule has 0 atom stereocenters. The minimum Gasteiger partial charge on any atom is -0.398 e. The summed E-state index contributed by atoms with van der Waals surface area (Å²) in [6.45, 7) is 9.56. The molecule has 0 aromatic heterocycles. The van der Waals surface area contributed by atoms with E-state index in [1.807, 2.05) is 18.2 Å². The van der Waals surface area contributed by atoms with E-state index in [1.54, 1.807) is 0 Å². The number of nitrogens with two attached hydrogens (primary N) is 1. The molecule has 0 aliphatic carbocycles. The third-order valence-corrected chi connectivity index (χ3v) is 3.18. The van der Waals surface area contributed by atoms with Gasteiger partial charge in [-0.3, -0.25) is 4.90 Å². The molecule has 1 rings (SSSR count). The van der Waals surface area contributed by atoms with Gasteiger partial charge in [-0.25, -0.2) is 0 Å². The third kappa shape index (κ3) is 3.13. The van der Waals surface area contributed by atoms with Gasteiger partial charge in [0.1, 0.15) is 0 Å². The Morgan fingerprint density at radius 1 is 1.19 bits per heavy atom. The van der Waals surface area contributed by atoms with Crippen LogP contribution in [0.15, 0.2) is 18.2 Å². The molecule has 0 bridgehead atoms. The second kappa shape index (κ2) is 5.55. The van der Waals surface area contributed by atoms with Gasteiger partial charge in [-0.1, -0.05) is 17.7 Å². The first-order valence-electron chi connectivity index (χ1n) is 5.72. The zero-order chi connectivity index (χ0) is 12.3. The second-order valence-corrected chi connectivity index (χ2v) is 5.07. The zero-order valence-corrected chi connectivity index (χ0v) is 11.3. The van der Waals surface area contributed by atoms with Crippen LogP contribution in [-0.4, -0.2) is 17.0 Å². The van der Waals surface area contributed by atoms with E-state index in [0.29, 0.717) is 12.1 Å². The van der Waals surface area contributed by atoms with E-state index in [4.69, 9.17) is 17.3 Å². The van der Waals surface area contributed by atoms with Crippen molar-refractivity contribution in [3.63, 3.8) is 0 Å². The maximum atomic E-state index is 6.18. The fraction of sp³-hybridized carbons (Fsp3) is 0.538. The molecule has 1 aromatic carbocycles. The molecule has 0 saturated heterocycles. The van der Waals surface area contributed by atoms with E-state index < -0.39 is 0 Å². The summed E-state index contributed by atoms with van der Waals surface area (Å²) in [6, 6.07) is 6.65. The van der Waals surface area contributed by atoms with Crippen LogP contribution in [0.5, 0.6) is 0 Å². The number of nitrogen functional groups attached to an aromatic ring is 1. The average molecular weight is 241 g/mol. The Hall–Kier alpha value is -0.730. The van der Waals surface area contributed by atoms with Gasteiger partial charge in [-0.2, -0.15) is 0 Å². The smallest absolute Gasteiger partial charge is 0.0471 e. The van der Waals surface area contributed by atoms with Crippen LogP contribution in [0.3, 0.4) is 0 Å². The first-order valence-corrected chi connectivity index (χ1v) is 6.10. The summed E-state index contributed by atoms with van der Waals surface area (Å²) < 4.78 is 0. The molecule has 2 N–H and O–H groups in total. The number of rotatable bonds is 4. The Labute approximate surface area is 103 Å². The maximum absolute atomic E-state index is 6.18. The number of nitrogens with zero attached hydrogens (tertiary/aromatic N) is 1. The number of benzene rings is 1. The molecule has 0 aliphatic heterocycles. The van der Waals surface area contributed by atoms with Crippen LogP contribution in [0.2, 0.25) is 5.02 Å². The van der Waals surface area contributed by atoms with Crippen molar-refractivity contribution in [2.75, 3.05) is 5.73 Å². The third-order valence-electron chi connectivity index (χ3n) is 2.82. The highest BCUT2D eigenvalue weighted by atomic mass is 35.5. The molecular formula is C13H21ClN2. The number of hydrogen-bond acceptors (Lipinski definition) is 2. The second-order valence-electron chi connectivity index (χ2n) is 4.67. The van der Waals surface area contributed by atoms with Crippen LogP contribution in [0.1, 0.15) is 33.3 Å². The van der Waals surface area contributed by atoms with Crippen molar-refractivity contribution in [2.24, 2.45) is 0 Å². The van der Waals surface area contributed by atoms with Crippen molar-refractivity contribution in [1.29, 1.82) is 0 Å². The van der Waals surface area contributed by atoms with E-state index >= 15 is 0 Å². The minimum atomic E-state index is 0.482. The SMILES string of the molecule is CC(C)N(Cc1c(N)cccc1Cl)C(C)C. The van der Waals surface area contributed by atoms with Crippen molar-refractivity contribution in [1.82, 2.24) is 4.90 Å². The average Bonchev–Trinajstić information content (AvgIpc) is 2.15. The van der Waals surface area contributed by atoms with Gasteiger partial charge in [-0.15, -0.1) is 0 Å². The molecular weight excluding hydrogens is 220 g/mol. The summed E-state index contributed by atoms with van der Waals surface area (Å²) in [5.41, 5.74) is 7.77. The van der Waals surface area contributed by atoms with Gasteiger partial charge in [0, 0.05) is 34.9 Å². The molecule has 0 aliphatic rings.